The molecule has 3 nitrogen and oxygen atoms in total. The van der Waals surface area contributed by atoms with Crippen LogP contribution in [0.2, 0.25) is 0 Å². The SMILES string of the molecule is [2H]C([2H])([2H])C([2H])([2H])c1nc2ccccc2n1-c1c2ccccc2c(-c2cccc3oc4ccccc4c23)c2cc(-c3ccccc3)ccc12. The minimum absolute atomic E-state index is 0.164. The van der Waals surface area contributed by atoms with Gasteiger partial charge in [0, 0.05) is 34.8 Å². The monoisotopic (exact) mass is 569 g/mol. The highest BCUT2D eigenvalue weighted by Gasteiger charge is 2.23. The highest BCUT2D eigenvalue weighted by atomic mass is 16.3. The minimum atomic E-state index is -2.96. The molecule has 0 bridgehead atoms. The fourth-order valence-electron chi connectivity index (χ4n) is 6.82. The van der Waals surface area contributed by atoms with Crippen LogP contribution >= 0.6 is 0 Å². The summed E-state index contributed by atoms with van der Waals surface area (Å²) < 4.78 is 50.6. The first kappa shape index (κ1) is 20.3. The number of para-hydroxylation sites is 3. The predicted octanol–water partition coefficient (Wildman–Crippen LogP) is 11.1. The van der Waals surface area contributed by atoms with Crippen LogP contribution in [-0.4, -0.2) is 9.55 Å². The Morgan fingerprint density at radius 1 is 0.636 bits per heavy atom. The molecule has 0 N–H and O–H groups in total. The molecule has 208 valence electrons. The molecule has 0 aliphatic heterocycles. The maximum absolute atomic E-state index is 8.94. The largest absolute Gasteiger partial charge is 0.456 e. The molecule has 0 amide bonds. The van der Waals surface area contributed by atoms with Gasteiger partial charge in [-0.15, -0.1) is 0 Å². The number of hydrogen-bond acceptors (Lipinski definition) is 2. The second-order valence-electron chi connectivity index (χ2n) is 11.1. The van der Waals surface area contributed by atoms with E-state index in [-0.39, 0.29) is 5.82 Å². The van der Waals surface area contributed by atoms with Crippen molar-refractivity contribution < 1.29 is 11.3 Å². The maximum Gasteiger partial charge on any atom is 0.136 e. The van der Waals surface area contributed by atoms with Gasteiger partial charge in [0.05, 0.1) is 16.7 Å². The Morgan fingerprint density at radius 2 is 1.36 bits per heavy atom. The summed E-state index contributed by atoms with van der Waals surface area (Å²) in [4.78, 5) is 4.67. The summed E-state index contributed by atoms with van der Waals surface area (Å²) in [5, 5.41) is 5.58. The van der Waals surface area contributed by atoms with Gasteiger partial charge in [0.15, 0.2) is 0 Å². The van der Waals surface area contributed by atoms with Crippen LogP contribution in [0.15, 0.2) is 144 Å². The van der Waals surface area contributed by atoms with Gasteiger partial charge in [-0.05, 0) is 63.4 Å². The zero-order valence-corrected chi connectivity index (χ0v) is 23.6. The number of hydrogen-bond donors (Lipinski definition) is 0. The normalized spacial score (nSPS) is 14.1. The molecule has 9 rings (SSSR count). The fraction of sp³-hybridized carbons (Fsp3) is 0.0488. The number of furan rings is 1. The van der Waals surface area contributed by atoms with Gasteiger partial charge < -0.3 is 4.42 Å². The van der Waals surface area contributed by atoms with Crippen molar-refractivity contribution in [2.45, 2.75) is 13.2 Å². The molecule has 0 fully saturated rings. The van der Waals surface area contributed by atoms with E-state index in [1.165, 1.54) is 0 Å². The molecule has 2 aromatic heterocycles. The van der Waals surface area contributed by atoms with Crippen molar-refractivity contribution in [2.75, 3.05) is 0 Å². The molecule has 0 atom stereocenters. The van der Waals surface area contributed by atoms with Gasteiger partial charge in [-0.3, -0.25) is 4.57 Å². The first-order valence-electron chi connectivity index (χ1n) is 17.2. The van der Waals surface area contributed by atoms with Gasteiger partial charge in [0.1, 0.15) is 17.0 Å². The predicted molar refractivity (Wildman–Crippen MR) is 184 cm³/mol. The van der Waals surface area contributed by atoms with E-state index in [0.717, 1.165) is 65.7 Å². The van der Waals surface area contributed by atoms with Gasteiger partial charge in [0.25, 0.3) is 0 Å². The number of aryl methyl sites for hydroxylation is 1. The lowest BCUT2D eigenvalue weighted by atomic mass is 9.87. The Morgan fingerprint density at radius 3 is 2.25 bits per heavy atom. The number of fused-ring (bicyclic) bond motifs is 6. The Hall–Kier alpha value is -5.67. The average molecular weight is 570 g/mol. The van der Waals surface area contributed by atoms with Crippen molar-refractivity contribution >= 4 is 54.5 Å². The summed E-state index contributed by atoms with van der Waals surface area (Å²) in [6, 6.07) is 46.2. The van der Waals surface area contributed by atoms with E-state index in [9.17, 15) is 0 Å². The molecule has 0 saturated carbocycles. The number of benzene rings is 7. The number of rotatable bonds is 4. The first-order chi connectivity index (χ1) is 23.7. The third-order valence-corrected chi connectivity index (χ3v) is 8.67. The van der Waals surface area contributed by atoms with Crippen molar-refractivity contribution in [3.05, 3.63) is 145 Å². The lowest BCUT2D eigenvalue weighted by Crippen LogP contribution is -2.03. The van der Waals surface area contributed by atoms with Crippen molar-refractivity contribution in [1.29, 1.82) is 0 Å². The quantitative estimate of drug-likeness (QED) is 0.197. The van der Waals surface area contributed by atoms with Crippen LogP contribution in [0.5, 0.6) is 0 Å². The third kappa shape index (κ3) is 3.59. The zero-order chi connectivity index (χ0) is 33.5. The van der Waals surface area contributed by atoms with Crippen LogP contribution in [0.25, 0.3) is 82.5 Å². The van der Waals surface area contributed by atoms with E-state index in [1.54, 1.807) is 10.6 Å². The van der Waals surface area contributed by atoms with Gasteiger partial charge in [0.2, 0.25) is 0 Å². The molecule has 2 heterocycles. The Kier molecular flexibility index (Phi) is 4.46. The molecule has 0 aliphatic rings. The van der Waals surface area contributed by atoms with Crippen molar-refractivity contribution in [3.63, 3.8) is 0 Å². The zero-order valence-electron chi connectivity index (χ0n) is 28.6. The Labute approximate surface area is 261 Å². The van der Waals surface area contributed by atoms with Crippen LogP contribution < -0.4 is 0 Å². The molecule has 9 aromatic rings. The van der Waals surface area contributed by atoms with E-state index in [1.807, 2.05) is 84.9 Å². The fourth-order valence-corrected chi connectivity index (χ4v) is 6.82. The number of nitrogens with zero attached hydrogens (tertiary/aromatic N) is 2. The summed E-state index contributed by atoms with van der Waals surface area (Å²) in [7, 11) is 0. The Balaban J connectivity index is 1.50. The van der Waals surface area contributed by atoms with E-state index < -0.39 is 13.2 Å². The molecular weight excluding hydrogens is 536 g/mol. The van der Waals surface area contributed by atoms with Gasteiger partial charge in [-0.2, -0.15) is 0 Å². The highest BCUT2D eigenvalue weighted by Crippen LogP contribution is 2.46. The summed E-state index contributed by atoms with van der Waals surface area (Å²) in [5.74, 6) is -0.164. The van der Waals surface area contributed by atoms with Gasteiger partial charge in [-0.1, -0.05) is 116 Å². The van der Waals surface area contributed by atoms with E-state index in [0.29, 0.717) is 16.7 Å². The molecule has 0 saturated heterocycles. The maximum atomic E-state index is 8.94. The summed E-state index contributed by atoms with van der Waals surface area (Å²) in [5.41, 5.74) is 7.51. The number of aromatic nitrogens is 2. The van der Waals surface area contributed by atoms with Gasteiger partial charge in [-0.25, -0.2) is 4.98 Å². The molecule has 0 aliphatic carbocycles. The van der Waals surface area contributed by atoms with Crippen LogP contribution in [-0.2, 0) is 6.37 Å². The summed E-state index contributed by atoms with van der Waals surface area (Å²) >= 11 is 0. The van der Waals surface area contributed by atoms with E-state index in [2.05, 4.69) is 53.5 Å². The second-order valence-corrected chi connectivity index (χ2v) is 11.1. The molecule has 44 heavy (non-hydrogen) atoms. The second kappa shape index (κ2) is 9.68. The van der Waals surface area contributed by atoms with Crippen LogP contribution in [0.3, 0.4) is 0 Å². The Bertz CT molecular complexity index is 2740. The first-order valence-corrected chi connectivity index (χ1v) is 14.7. The standard InChI is InChI=1S/C41H28N2O/c1-2-38-42-34-19-9-10-20-35(34)43(38)41-29-16-7-6-15-28(29)39(33-25-27(23-24-30(33)41)26-13-4-3-5-14-26)32-18-12-22-37-40(32)31-17-8-11-21-36(31)44-37/h3-25H,2H2,1H3/i1D3,2D2. The molecule has 7 aromatic carbocycles. The van der Waals surface area contributed by atoms with Crippen molar-refractivity contribution in [2.24, 2.45) is 0 Å². The van der Waals surface area contributed by atoms with Crippen molar-refractivity contribution in [1.82, 2.24) is 9.55 Å². The van der Waals surface area contributed by atoms with Crippen LogP contribution in [0.1, 0.15) is 19.5 Å². The molecular formula is C41H28N2O. The van der Waals surface area contributed by atoms with E-state index in [4.69, 9.17) is 11.3 Å². The molecule has 0 radical (unpaired) electrons. The summed E-state index contributed by atoms with van der Waals surface area (Å²) in [6.07, 6.45) is -2.75. The molecule has 0 spiro atoms. The molecule has 0 unspecified atom stereocenters. The minimum Gasteiger partial charge on any atom is -0.456 e. The summed E-state index contributed by atoms with van der Waals surface area (Å²) in [6.45, 7) is -2.96. The lowest BCUT2D eigenvalue weighted by molar-refractivity contribution is 0.669. The van der Waals surface area contributed by atoms with Gasteiger partial charge >= 0.3 is 0 Å². The van der Waals surface area contributed by atoms with Crippen molar-refractivity contribution in [3.8, 4) is 27.9 Å². The van der Waals surface area contributed by atoms with Crippen LogP contribution in [0, 0.1) is 0 Å². The van der Waals surface area contributed by atoms with Crippen LogP contribution in [0.4, 0.5) is 0 Å². The third-order valence-electron chi connectivity index (χ3n) is 8.67. The highest BCUT2D eigenvalue weighted by molar-refractivity contribution is 6.24. The topological polar surface area (TPSA) is 31.0 Å². The smallest absolute Gasteiger partial charge is 0.136 e. The number of imidazole rings is 1. The van der Waals surface area contributed by atoms with E-state index >= 15 is 0 Å². The lowest BCUT2D eigenvalue weighted by Gasteiger charge is -2.21. The molecule has 3 heteroatoms. The average Bonchev–Trinajstić information content (AvgIpc) is 3.70.